The van der Waals surface area contributed by atoms with Crippen molar-refractivity contribution in [2.24, 2.45) is 5.92 Å². The normalized spacial score (nSPS) is 26.5. The lowest BCUT2D eigenvalue weighted by atomic mass is 10.2. The van der Waals surface area contributed by atoms with Crippen LogP contribution < -0.4 is 5.32 Å². The Kier molecular flexibility index (Phi) is 4.96. The van der Waals surface area contributed by atoms with Crippen molar-refractivity contribution in [1.29, 1.82) is 0 Å². The molecule has 2 aliphatic rings. The van der Waals surface area contributed by atoms with E-state index in [1.807, 2.05) is 0 Å². The molecule has 6 heteroatoms. The second kappa shape index (κ2) is 6.50. The van der Waals surface area contributed by atoms with Crippen LogP contribution in [0, 0.1) is 5.92 Å². The van der Waals surface area contributed by atoms with Gasteiger partial charge in [-0.15, -0.1) is 11.8 Å². The van der Waals surface area contributed by atoms with Gasteiger partial charge in [-0.3, -0.25) is 4.90 Å². The minimum Gasteiger partial charge on any atom is -0.480 e. The summed E-state index contributed by atoms with van der Waals surface area (Å²) < 4.78 is 0. The fourth-order valence-electron chi connectivity index (χ4n) is 2.38. The first-order chi connectivity index (χ1) is 9.15. The number of thioether (sulfide) groups is 1. The first kappa shape index (κ1) is 14.5. The summed E-state index contributed by atoms with van der Waals surface area (Å²) in [4.78, 5) is 25.0. The number of hydrogen-bond acceptors (Lipinski definition) is 3. The van der Waals surface area contributed by atoms with Crippen LogP contribution in [0.3, 0.4) is 0 Å². The largest absolute Gasteiger partial charge is 0.480 e. The third-order valence-electron chi connectivity index (χ3n) is 3.64. The summed E-state index contributed by atoms with van der Waals surface area (Å²) in [5, 5.41) is 12.2. The van der Waals surface area contributed by atoms with Crippen LogP contribution in [0.4, 0.5) is 4.79 Å². The van der Waals surface area contributed by atoms with Gasteiger partial charge < -0.3 is 10.4 Å². The number of urea groups is 1. The highest BCUT2D eigenvalue weighted by molar-refractivity contribution is 8.00. The number of carbonyl (C=O) groups is 2. The Morgan fingerprint density at radius 3 is 2.68 bits per heavy atom. The lowest BCUT2D eigenvalue weighted by molar-refractivity contribution is -0.141. The molecule has 2 unspecified atom stereocenters. The Bertz CT molecular complexity index is 347. The highest BCUT2D eigenvalue weighted by Gasteiger charge is 2.47. The molecular weight excluding hydrogens is 264 g/mol. The highest BCUT2D eigenvalue weighted by Crippen LogP contribution is 2.45. The van der Waals surface area contributed by atoms with Gasteiger partial charge in [-0.25, -0.2) is 9.59 Å². The molecule has 0 spiro atoms. The smallest absolute Gasteiger partial charge is 0.327 e. The third-order valence-corrected chi connectivity index (χ3v) is 5.10. The molecule has 2 rings (SSSR count). The number of carbonyl (C=O) groups excluding carboxylic acids is 1. The van der Waals surface area contributed by atoms with Gasteiger partial charge in [-0.05, 0) is 25.2 Å². The van der Waals surface area contributed by atoms with Crippen molar-refractivity contribution >= 4 is 23.8 Å². The van der Waals surface area contributed by atoms with Crippen molar-refractivity contribution in [3.63, 3.8) is 0 Å². The number of unbranched alkanes of at least 4 members (excludes halogenated alkanes) is 2. The monoisotopic (exact) mass is 286 g/mol. The molecule has 2 atom stereocenters. The van der Waals surface area contributed by atoms with Crippen LogP contribution in [0.25, 0.3) is 0 Å². The molecule has 1 saturated heterocycles. The average Bonchev–Trinajstić information content (AvgIpc) is 3.12. The average molecular weight is 286 g/mol. The number of nitrogens with zero attached hydrogens (tertiary/aromatic N) is 1. The Morgan fingerprint density at radius 2 is 2.11 bits per heavy atom. The van der Waals surface area contributed by atoms with Crippen LogP contribution >= 0.6 is 11.8 Å². The van der Waals surface area contributed by atoms with E-state index in [1.165, 1.54) is 0 Å². The molecule has 5 nitrogen and oxygen atoms in total. The van der Waals surface area contributed by atoms with Crippen LogP contribution in [-0.2, 0) is 4.79 Å². The van der Waals surface area contributed by atoms with E-state index in [1.54, 1.807) is 16.7 Å². The molecule has 1 aliphatic carbocycles. The summed E-state index contributed by atoms with van der Waals surface area (Å²) in [6.07, 6.45) is 5.38. The molecule has 2 fully saturated rings. The molecule has 1 saturated carbocycles. The van der Waals surface area contributed by atoms with Crippen LogP contribution in [0.1, 0.15) is 39.0 Å². The molecule has 108 valence electrons. The number of carboxylic acids is 1. The zero-order valence-corrected chi connectivity index (χ0v) is 12.1. The van der Waals surface area contributed by atoms with E-state index < -0.39 is 12.0 Å². The van der Waals surface area contributed by atoms with Gasteiger partial charge in [0.25, 0.3) is 0 Å². The molecule has 0 bridgehead atoms. The second-order valence-electron chi connectivity index (χ2n) is 5.26. The third kappa shape index (κ3) is 3.55. The maximum absolute atomic E-state index is 12.2. The van der Waals surface area contributed by atoms with Gasteiger partial charge in [-0.2, -0.15) is 0 Å². The molecule has 2 N–H and O–H groups in total. The lowest BCUT2D eigenvalue weighted by Crippen LogP contribution is -2.50. The molecule has 0 aromatic rings. The van der Waals surface area contributed by atoms with Crippen LogP contribution in [0.15, 0.2) is 0 Å². The lowest BCUT2D eigenvalue weighted by Gasteiger charge is -2.27. The molecule has 2 amide bonds. The van der Waals surface area contributed by atoms with E-state index >= 15 is 0 Å². The van der Waals surface area contributed by atoms with Crippen molar-refractivity contribution in [3.8, 4) is 0 Å². The molecule has 0 aromatic carbocycles. The maximum Gasteiger partial charge on any atom is 0.327 e. The molecule has 19 heavy (non-hydrogen) atoms. The second-order valence-corrected chi connectivity index (χ2v) is 6.41. The van der Waals surface area contributed by atoms with E-state index in [9.17, 15) is 14.7 Å². The minimum absolute atomic E-state index is 0.0623. The number of hydrogen-bond donors (Lipinski definition) is 2. The van der Waals surface area contributed by atoms with Crippen molar-refractivity contribution in [2.75, 3.05) is 12.3 Å². The van der Waals surface area contributed by atoms with E-state index in [2.05, 4.69) is 12.2 Å². The zero-order valence-electron chi connectivity index (χ0n) is 11.3. The predicted octanol–water partition coefficient (Wildman–Crippen LogP) is 2.12. The Labute approximate surface area is 118 Å². The summed E-state index contributed by atoms with van der Waals surface area (Å²) in [5.74, 6) is 0.119. The summed E-state index contributed by atoms with van der Waals surface area (Å²) in [7, 11) is 0. The van der Waals surface area contributed by atoms with Gasteiger partial charge in [0.05, 0.1) is 5.37 Å². The number of amides is 2. The van der Waals surface area contributed by atoms with Crippen molar-refractivity contribution < 1.29 is 14.7 Å². The first-order valence-corrected chi connectivity index (χ1v) is 8.10. The topological polar surface area (TPSA) is 69.6 Å². The summed E-state index contributed by atoms with van der Waals surface area (Å²) in [5.41, 5.74) is 0. The Balaban J connectivity index is 1.91. The Hall–Kier alpha value is -0.910. The minimum atomic E-state index is -0.889. The number of nitrogens with one attached hydrogen (secondary N) is 1. The number of carboxylic acid groups (broad SMARTS) is 1. The SMILES string of the molecule is CCCCCNC(=O)N1C(C(=O)O)CSC1C1CC1. The fraction of sp³-hybridized carbons (Fsp3) is 0.846. The van der Waals surface area contributed by atoms with Crippen molar-refractivity contribution in [3.05, 3.63) is 0 Å². The van der Waals surface area contributed by atoms with E-state index in [-0.39, 0.29) is 11.4 Å². The van der Waals surface area contributed by atoms with Gasteiger partial charge in [0, 0.05) is 12.3 Å². The van der Waals surface area contributed by atoms with Crippen LogP contribution in [0.5, 0.6) is 0 Å². The summed E-state index contributed by atoms with van der Waals surface area (Å²) in [6, 6.07) is -0.868. The quantitative estimate of drug-likeness (QED) is 0.734. The standard InChI is InChI=1S/C13H22N2O3S/c1-2-3-4-7-14-13(18)15-10(12(16)17)8-19-11(15)9-5-6-9/h9-11H,2-8H2,1H3,(H,14,18)(H,16,17). The van der Waals surface area contributed by atoms with Crippen molar-refractivity contribution in [1.82, 2.24) is 10.2 Å². The fourth-order valence-corrected chi connectivity index (χ4v) is 4.01. The van der Waals surface area contributed by atoms with Crippen LogP contribution in [-0.4, -0.2) is 45.7 Å². The Morgan fingerprint density at radius 1 is 1.37 bits per heavy atom. The molecule has 1 heterocycles. The zero-order chi connectivity index (χ0) is 13.8. The molecule has 0 radical (unpaired) electrons. The first-order valence-electron chi connectivity index (χ1n) is 7.05. The summed E-state index contributed by atoms with van der Waals surface area (Å²) in [6.45, 7) is 2.75. The van der Waals surface area contributed by atoms with Gasteiger partial charge >= 0.3 is 12.0 Å². The van der Waals surface area contributed by atoms with Gasteiger partial charge in [0.1, 0.15) is 6.04 Å². The highest BCUT2D eigenvalue weighted by atomic mass is 32.2. The van der Waals surface area contributed by atoms with Crippen molar-refractivity contribution in [2.45, 2.75) is 50.4 Å². The van der Waals surface area contributed by atoms with Gasteiger partial charge in [0.15, 0.2) is 0 Å². The molecular formula is C13H22N2O3S. The predicted molar refractivity (Wildman–Crippen MR) is 75.2 cm³/mol. The molecule has 1 aliphatic heterocycles. The maximum atomic E-state index is 12.2. The van der Waals surface area contributed by atoms with E-state index in [0.29, 0.717) is 18.2 Å². The van der Waals surface area contributed by atoms with E-state index in [0.717, 1.165) is 32.1 Å². The van der Waals surface area contributed by atoms with Gasteiger partial charge in [0.2, 0.25) is 0 Å². The van der Waals surface area contributed by atoms with E-state index in [4.69, 9.17) is 0 Å². The number of aliphatic carboxylic acids is 1. The van der Waals surface area contributed by atoms with Gasteiger partial charge in [-0.1, -0.05) is 19.8 Å². The molecule has 0 aromatic heterocycles. The summed E-state index contributed by atoms with van der Waals surface area (Å²) >= 11 is 1.61. The van der Waals surface area contributed by atoms with Crippen LogP contribution in [0.2, 0.25) is 0 Å². The number of rotatable bonds is 6.